The number of allylic oxidation sites excluding steroid dienone is 1. The van der Waals surface area contributed by atoms with Crippen molar-refractivity contribution < 1.29 is 24.2 Å². The fourth-order valence-electron chi connectivity index (χ4n) is 7.65. The first-order valence-corrected chi connectivity index (χ1v) is 11.1. The Labute approximate surface area is 174 Å². The molecule has 0 radical (unpaired) electrons. The minimum Gasteiger partial charge on any atom is -0.392 e. The van der Waals surface area contributed by atoms with Gasteiger partial charge in [-0.2, -0.15) is 0 Å². The second-order valence-electron chi connectivity index (χ2n) is 10.2. The molecule has 2 N–H and O–H groups in total. The van der Waals surface area contributed by atoms with E-state index in [0.29, 0.717) is 24.8 Å². The molecule has 0 saturated heterocycles. The number of halogens is 2. The number of carbonyl (C=O) groups excluding carboxylic acids is 2. The summed E-state index contributed by atoms with van der Waals surface area (Å²) in [6.45, 7) is 7.15. The second-order valence-corrected chi connectivity index (χ2v) is 11.5. The molecule has 4 aliphatic rings. The molecular weight excluding hydrogens is 427 g/mol. The van der Waals surface area contributed by atoms with Gasteiger partial charge in [-0.05, 0) is 62.0 Å². The maximum Gasteiger partial charge on any atom is 0.162 e. The van der Waals surface area contributed by atoms with Crippen LogP contribution in [0, 0.1) is 28.6 Å². The van der Waals surface area contributed by atoms with Crippen LogP contribution in [0.15, 0.2) is 11.6 Å². The van der Waals surface area contributed by atoms with Gasteiger partial charge in [-0.3, -0.25) is 9.59 Å². The van der Waals surface area contributed by atoms with Crippen molar-refractivity contribution in [1.82, 2.24) is 0 Å². The molecule has 4 nitrogen and oxygen atoms in total. The molecule has 0 amide bonds. The average molecular weight is 457 g/mol. The molecule has 3 saturated carbocycles. The van der Waals surface area contributed by atoms with Crippen LogP contribution < -0.4 is 0 Å². The van der Waals surface area contributed by atoms with Gasteiger partial charge in [-0.15, -0.1) is 0 Å². The van der Waals surface area contributed by atoms with Crippen LogP contribution in [0.25, 0.3) is 0 Å². The van der Waals surface area contributed by atoms with Crippen molar-refractivity contribution in [2.24, 2.45) is 28.6 Å². The lowest BCUT2D eigenvalue weighted by molar-refractivity contribution is -0.178. The Balaban J connectivity index is 1.87. The zero-order valence-electron chi connectivity index (χ0n) is 17.0. The fraction of sp³-hybridized carbons (Fsp3) is 0.818. The minimum atomic E-state index is -1.52. The minimum absolute atomic E-state index is 0.0553. The molecule has 28 heavy (non-hydrogen) atoms. The van der Waals surface area contributed by atoms with E-state index in [-0.39, 0.29) is 42.2 Å². The van der Waals surface area contributed by atoms with Gasteiger partial charge < -0.3 is 10.2 Å². The molecule has 4 rings (SSSR count). The lowest BCUT2D eigenvalue weighted by Gasteiger charge is -2.65. The summed E-state index contributed by atoms with van der Waals surface area (Å²) in [4.78, 5) is 24.5. The number of aliphatic hydroxyl groups excluding tert-OH is 1. The normalized spacial score (nSPS) is 55.8. The number of hydrogen-bond acceptors (Lipinski definition) is 4. The van der Waals surface area contributed by atoms with Gasteiger partial charge in [-0.1, -0.05) is 36.7 Å². The van der Waals surface area contributed by atoms with Crippen molar-refractivity contribution in [3.63, 3.8) is 0 Å². The number of carbonyl (C=O) groups is 2. The molecule has 6 heteroatoms. The number of aliphatic hydroxyl groups is 2. The number of ketones is 2. The first-order valence-electron chi connectivity index (χ1n) is 10.3. The summed E-state index contributed by atoms with van der Waals surface area (Å²) in [7, 11) is 0. The fourth-order valence-corrected chi connectivity index (χ4v) is 8.74. The first-order chi connectivity index (χ1) is 12.8. The van der Waals surface area contributed by atoms with Crippen LogP contribution in [0.4, 0.5) is 4.39 Å². The molecule has 0 spiro atoms. The van der Waals surface area contributed by atoms with E-state index >= 15 is 4.39 Å². The third-order valence-corrected chi connectivity index (χ3v) is 11.1. The van der Waals surface area contributed by atoms with E-state index in [4.69, 9.17) is 0 Å². The summed E-state index contributed by atoms with van der Waals surface area (Å²) in [5, 5.41) is 22.9. The van der Waals surface area contributed by atoms with Crippen molar-refractivity contribution in [2.45, 2.75) is 82.0 Å². The molecule has 0 heterocycles. The Kier molecular flexibility index (Phi) is 4.41. The smallest absolute Gasteiger partial charge is 0.162 e. The van der Waals surface area contributed by atoms with E-state index in [2.05, 4.69) is 15.9 Å². The van der Waals surface area contributed by atoms with E-state index in [1.54, 1.807) is 0 Å². The topological polar surface area (TPSA) is 74.6 Å². The summed E-state index contributed by atoms with van der Waals surface area (Å²) in [5.41, 5.74) is -2.50. The maximum atomic E-state index is 15.4. The lowest BCUT2D eigenvalue weighted by atomic mass is 9.45. The molecule has 0 aromatic carbocycles. The second kappa shape index (κ2) is 5.98. The van der Waals surface area contributed by atoms with Crippen molar-refractivity contribution in [3.8, 4) is 0 Å². The highest BCUT2D eigenvalue weighted by atomic mass is 79.9. The summed E-state index contributed by atoms with van der Waals surface area (Å²) in [6.07, 6.45) is 1.27. The van der Waals surface area contributed by atoms with E-state index < -0.39 is 33.0 Å². The molecule has 3 unspecified atom stereocenters. The summed E-state index contributed by atoms with van der Waals surface area (Å²) >= 11 is 3.90. The number of alkyl halides is 2. The summed E-state index contributed by atoms with van der Waals surface area (Å²) < 4.78 is 14.6. The van der Waals surface area contributed by atoms with Gasteiger partial charge in [0, 0.05) is 17.3 Å². The highest BCUT2D eigenvalue weighted by Crippen LogP contribution is 2.72. The Bertz CT molecular complexity index is 782. The van der Waals surface area contributed by atoms with Crippen LogP contribution in [0.2, 0.25) is 0 Å². The first kappa shape index (κ1) is 20.7. The van der Waals surface area contributed by atoms with Gasteiger partial charge >= 0.3 is 0 Å². The molecule has 0 bridgehead atoms. The van der Waals surface area contributed by atoms with Gasteiger partial charge in [0.05, 0.1) is 10.4 Å². The van der Waals surface area contributed by atoms with Crippen molar-refractivity contribution in [2.75, 3.05) is 0 Å². The highest BCUT2D eigenvalue weighted by Gasteiger charge is 2.75. The summed E-state index contributed by atoms with van der Waals surface area (Å²) in [6, 6.07) is 0. The molecule has 4 aliphatic carbocycles. The zero-order chi connectivity index (χ0) is 20.9. The Hall–Kier alpha value is -0.590. The van der Waals surface area contributed by atoms with E-state index in [1.807, 2.05) is 20.8 Å². The van der Waals surface area contributed by atoms with Gasteiger partial charge in [0.2, 0.25) is 0 Å². The van der Waals surface area contributed by atoms with Crippen LogP contribution in [-0.4, -0.2) is 44.0 Å². The molecule has 0 aromatic heterocycles. The zero-order valence-corrected chi connectivity index (χ0v) is 18.6. The van der Waals surface area contributed by atoms with E-state index in [1.165, 1.54) is 13.0 Å². The largest absolute Gasteiger partial charge is 0.392 e. The molecule has 9 atom stereocenters. The van der Waals surface area contributed by atoms with Crippen molar-refractivity contribution in [1.29, 1.82) is 0 Å². The molecule has 0 aliphatic heterocycles. The van der Waals surface area contributed by atoms with Crippen LogP contribution in [0.5, 0.6) is 0 Å². The third kappa shape index (κ3) is 2.12. The SMILES string of the molecule is CC(=O)[C@@]1(O)C(C)C[C@H]2[C@@H]3CC(F)C4=CC(=O)CC[C@]4(C)[C@@]3(Br)C(O)C[C@@]21C. The van der Waals surface area contributed by atoms with Crippen LogP contribution >= 0.6 is 15.9 Å². The molecular formula is C22H30BrFO4. The van der Waals surface area contributed by atoms with Crippen molar-refractivity contribution in [3.05, 3.63) is 11.6 Å². The van der Waals surface area contributed by atoms with Crippen LogP contribution in [-0.2, 0) is 9.59 Å². The summed E-state index contributed by atoms with van der Waals surface area (Å²) in [5.74, 6) is -0.907. The van der Waals surface area contributed by atoms with Crippen LogP contribution in [0.1, 0.15) is 59.8 Å². The Morgan fingerprint density at radius 1 is 1.29 bits per heavy atom. The predicted octanol–water partition coefficient (Wildman–Crippen LogP) is 3.52. The van der Waals surface area contributed by atoms with Gasteiger partial charge in [0.15, 0.2) is 11.6 Å². The lowest BCUT2D eigenvalue weighted by Crippen LogP contribution is -2.70. The van der Waals surface area contributed by atoms with Gasteiger partial charge in [0.25, 0.3) is 0 Å². The van der Waals surface area contributed by atoms with Gasteiger partial charge in [-0.25, -0.2) is 4.39 Å². The molecule has 156 valence electrons. The van der Waals surface area contributed by atoms with E-state index in [9.17, 15) is 19.8 Å². The number of rotatable bonds is 1. The molecule has 3 fully saturated rings. The predicted molar refractivity (Wildman–Crippen MR) is 107 cm³/mol. The maximum absolute atomic E-state index is 15.4. The average Bonchev–Trinajstić information content (AvgIpc) is 2.81. The van der Waals surface area contributed by atoms with Crippen molar-refractivity contribution >= 4 is 27.5 Å². The number of fused-ring (bicyclic) bond motifs is 5. The molecule has 0 aromatic rings. The standard InChI is InChI=1S/C22H30BrFO4/c1-11-7-14-15-9-17(24)16-8-13(26)5-6-19(16,3)21(15,23)18(27)10-20(14,4)22(11,28)12(2)25/h8,11,14-15,17-18,27-28H,5-7,9-10H2,1-4H3/t11?,14-,15-,17?,18?,19-,20-,21-,22-/m0/s1. The number of hydrogen-bond donors (Lipinski definition) is 2. The Morgan fingerprint density at radius 3 is 2.54 bits per heavy atom. The highest BCUT2D eigenvalue weighted by molar-refractivity contribution is 9.10. The number of Topliss-reactive ketones (excluding diaryl/α,β-unsaturated/α-hetero) is 1. The Morgan fingerprint density at radius 2 is 1.93 bits per heavy atom. The van der Waals surface area contributed by atoms with Crippen LogP contribution in [0.3, 0.4) is 0 Å². The quantitative estimate of drug-likeness (QED) is 0.591. The van der Waals surface area contributed by atoms with E-state index in [0.717, 1.165) is 0 Å². The monoisotopic (exact) mass is 456 g/mol. The van der Waals surface area contributed by atoms with Gasteiger partial charge in [0.1, 0.15) is 11.8 Å². The third-order valence-electron chi connectivity index (χ3n) is 9.14.